The molecular formula is C21H36N7O17P3S. The number of ether oxygens (including phenoxy) is 1. The van der Waals surface area contributed by atoms with Crippen LogP contribution in [-0.4, -0.2) is 122 Å². The largest absolute Gasteiger partial charge is 0.481 e. The summed E-state index contributed by atoms with van der Waals surface area (Å²) < 4.78 is 70.3. The van der Waals surface area contributed by atoms with E-state index in [-0.39, 0.29) is 42.2 Å². The highest BCUT2D eigenvalue weighted by Gasteiger charge is 2.50. The summed E-state index contributed by atoms with van der Waals surface area (Å²) in [7, 11) is -16.3. The van der Waals surface area contributed by atoms with E-state index in [9.17, 15) is 53.1 Å². The van der Waals surface area contributed by atoms with Crippen LogP contribution in [0.3, 0.4) is 0 Å². The molecule has 24 nitrogen and oxygen atoms in total. The molecule has 3 heterocycles. The van der Waals surface area contributed by atoms with Crippen molar-refractivity contribution in [2.24, 2.45) is 5.41 Å². The van der Waals surface area contributed by atoms with Crippen molar-refractivity contribution < 1.29 is 80.2 Å². The quantitative estimate of drug-likeness (QED) is 0.0445. The average molecular weight is 784 g/mol. The van der Waals surface area contributed by atoms with Crippen molar-refractivity contribution in [2.45, 2.75) is 50.9 Å². The number of rotatable bonds is 19. The first kappa shape index (κ1) is 41.3. The number of anilines is 1. The first-order valence-electron chi connectivity index (χ1n) is 13.8. The highest BCUT2D eigenvalue weighted by molar-refractivity contribution is 7.93. The number of amides is 2. The van der Waals surface area contributed by atoms with Crippen LogP contribution >= 0.6 is 35.5 Å². The molecule has 2 aromatic heterocycles. The Hall–Kier alpha value is -2.15. The molecule has 0 radical (unpaired) electrons. The van der Waals surface area contributed by atoms with Crippen LogP contribution in [0.5, 0.6) is 0 Å². The van der Waals surface area contributed by atoms with Crippen molar-refractivity contribution in [3.63, 3.8) is 0 Å². The molecule has 2 amide bonds. The van der Waals surface area contributed by atoms with E-state index in [2.05, 4.69) is 34.4 Å². The molecule has 1 aliphatic rings. The number of nitrogens with two attached hydrogens (primary N) is 1. The summed E-state index contributed by atoms with van der Waals surface area (Å²) in [6.45, 7) is 0.501. The molecule has 1 fully saturated rings. The number of hydrogen-bond acceptors (Lipinski definition) is 18. The fourth-order valence-electron chi connectivity index (χ4n) is 4.18. The van der Waals surface area contributed by atoms with E-state index in [1.54, 1.807) is 0 Å². The van der Waals surface area contributed by atoms with Gasteiger partial charge in [0.2, 0.25) is 11.8 Å². The molecule has 2 aromatic rings. The Kier molecular flexibility index (Phi) is 14.2. The Morgan fingerprint density at radius 1 is 1.10 bits per heavy atom. The normalized spacial score (nSPS) is 23.1. The number of carbonyl (C=O) groups excluding carboxylic acids is 2. The fourth-order valence-corrected chi connectivity index (χ4v) is 7.20. The number of aromatic nitrogens is 4. The monoisotopic (exact) mass is 783 g/mol. The molecule has 1 saturated heterocycles. The predicted molar refractivity (Wildman–Crippen MR) is 165 cm³/mol. The molecule has 2 unspecified atom stereocenters. The lowest BCUT2D eigenvalue weighted by Gasteiger charge is -2.30. The number of nitrogens with one attached hydrogen (secondary N) is 2. The zero-order chi connectivity index (χ0) is 36.8. The summed E-state index contributed by atoms with van der Waals surface area (Å²) >= 11 is 0.534. The van der Waals surface area contributed by atoms with Crippen molar-refractivity contribution in [1.82, 2.24) is 30.2 Å². The number of fused-ring (bicyclic) bond motifs is 1. The van der Waals surface area contributed by atoms with Gasteiger partial charge in [0.25, 0.3) is 0 Å². The number of carbonyl (C=O) groups is 2. The van der Waals surface area contributed by atoms with Crippen LogP contribution in [-0.2, 0) is 45.9 Å². The molecule has 11 N–H and O–H groups in total. The molecule has 0 spiro atoms. The number of imidazole rings is 1. The molecule has 3 rings (SSSR count). The van der Waals surface area contributed by atoms with Gasteiger partial charge in [-0.15, -0.1) is 0 Å². The maximum atomic E-state index is 12.6. The van der Waals surface area contributed by atoms with E-state index < -0.39 is 84.6 Å². The van der Waals surface area contributed by atoms with Gasteiger partial charge in [-0.2, -0.15) is 4.31 Å². The summed E-state index contributed by atoms with van der Waals surface area (Å²) in [6.07, 6.45) is -6.85. The van der Waals surface area contributed by atoms with Gasteiger partial charge in [-0.25, -0.2) is 28.6 Å². The van der Waals surface area contributed by atoms with Gasteiger partial charge in [-0.3, -0.25) is 27.7 Å². The van der Waals surface area contributed by atoms with Crippen molar-refractivity contribution in [1.29, 1.82) is 0 Å². The van der Waals surface area contributed by atoms with Crippen LogP contribution in [0.25, 0.3) is 11.2 Å². The Morgan fingerprint density at radius 3 is 2.43 bits per heavy atom. The SMILES string of the molecule is CC(C)(COP(=O)(O)OP(=O)(O)OC[C@H]1O[C@@H](n2cnc3c(N)ncnc32)[C@H](O)[C@@H]1OP(=O)(O)O)[C@@H](O)C(=O)NCCC(=O)NCCSO. The maximum absolute atomic E-state index is 12.6. The Balaban J connectivity index is 1.59. The van der Waals surface area contributed by atoms with Crippen LogP contribution in [0, 0.1) is 5.41 Å². The second-order valence-corrected chi connectivity index (χ2v) is 15.8. The topological polar surface area (TPSA) is 367 Å². The molecule has 0 aliphatic carbocycles. The summed E-state index contributed by atoms with van der Waals surface area (Å²) in [6, 6.07) is 0. The number of phosphoric acid groups is 3. The standard InChI is InChI=1S/C21H36N7O17P3S/c1-21(2,16(31)19(32)24-4-3-12(29)23-5-6-49-40)8-42-48(38,39)45-47(36,37)41-7-11-15(44-46(33,34)35)14(30)20(43-11)28-10-27-13-17(22)25-9-26-18(13)28/h9-11,14-16,20,30-31,40H,3-8H2,1-2H3,(H,23,29)(H,24,32)(H,36,37)(H,38,39)(H2,22,25,26)(H2,33,34,35)/t11-,14-,15-,16+,20-/m1/s1. The second-order valence-electron chi connectivity index (χ2n) is 10.9. The van der Waals surface area contributed by atoms with Crippen LogP contribution in [0.4, 0.5) is 5.82 Å². The van der Waals surface area contributed by atoms with E-state index in [1.807, 2.05) is 0 Å². The smallest absolute Gasteiger partial charge is 0.386 e. The van der Waals surface area contributed by atoms with Gasteiger partial charge in [0.15, 0.2) is 17.7 Å². The molecule has 0 aromatic carbocycles. The van der Waals surface area contributed by atoms with Gasteiger partial charge >= 0.3 is 23.5 Å². The maximum Gasteiger partial charge on any atom is 0.481 e. The number of aliphatic hydroxyl groups excluding tert-OH is 2. The summed E-state index contributed by atoms with van der Waals surface area (Å²) in [4.78, 5) is 74.7. The van der Waals surface area contributed by atoms with Crippen LogP contribution < -0.4 is 16.4 Å². The number of phosphoric ester groups is 3. The molecule has 0 bridgehead atoms. The predicted octanol–water partition coefficient (Wildman–Crippen LogP) is -1.39. The Bertz CT molecular complexity index is 1610. The van der Waals surface area contributed by atoms with Crippen LogP contribution in [0.2, 0.25) is 0 Å². The third kappa shape index (κ3) is 12.0. The molecule has 7 atom stereocenters. The van der Waals surface area contributed by atoms with Gasteiger partial charge in [-0.05, 0) is 12.0 Å². The van der Waals surface area contributed by atoms with E-state index in [0.717, 1.165) is 17.2 Å². The van der Waals surface area contributed by atoms with Gasteiger partial charge in [0.05, 0.1) is 19.5 Å². The third-order valence-corrected chi connectivity index (χ3v) is 10.1. The second kappa shape index (κ2) is 16.9. The number of aliphatic hydroxyl groups is 2. The summed E-state index contributed by atoms with van der Waals surface area (Å²) in [5.41, 5.74) is 4.27. The van der Waals surface area contributed by atoms with Crippen molar-refractivity contribution >= 4 is 64.3 Å². The van der Waals surface area contributed by atoms with Crippen molar-refractivity contribution in [3.8, 4) is 0 Å². The first-order valence-corrected chi connectivity index (χ1v) is 19.3. The average Bonchev–Trinajstić information content (AvgIpc) is 3.55. The highest BCUT2D eigenvalue weighted by Crippen LogP contribution is 2.61. The molecule has 278 valence electrons. The van der Waals surface area contributed by atoms with Gasteiger partial charge < -0.3 is 55.4 Å². The van der Waals surface area contributed by atoms with Crippen LogP contribution in [0.15, 0.2) is 12.7 Å². The minimum Gasteiger partial charge on any atom is -0.386 e. The lowest BCUT2D eigenvalue weighted by molar-refractivity contribution is -0.137. The minimum atomic E-state index is -5.55. The first-order chi connectivity index (χ1) is 22.7. The van der Waals surface area contributed by atoms with E-state index >= 15 is 0 Å². The number of nitrogen functional groups attached to an aromatic ring is 1. The van der Waals surface area contributed by atoms with Crippen LogP contribution in [0.1, 0.15) is 26.5 Å². The summed E-state index contributed by atoms with van der Waals surface area (Å²) in [5, 5.41) is 26.0. The Morgan fingerprint density at radius 2 is 1.78 bits per heavy atom. The lowest BCUT2D eigenvalue weighted by atomic mass is 9.87. The van der Waals surface area contributed by atoms with Gasteiger partial charge in [0.1, 0.15) is 36.3 Å². The molecular weight excluding hydrogens is 747 g/mol. The zero-order valence-electron chi connectivity index (χ0n) is 25.6. The molecule has 28 heteroatoms. The third-order valence-electron chi connectivity index (χ3n) is 6.59. The lowest BCUT2D eigenvalue weighted by Crippen LogP contribution is -2.46. The van der Waals surface area contributed by atoms with Crippen molar-refractivity contribution in [3.05, 3.63) is 12.7 Å². The minimum absolute atomic E-state index is 0.0325. The Labute approximate surface area is 281 Å². The molecule has 1 aliphatic heterocycles. The number of nitrogens with zero attached hydrogens (tertiary/aromatic N) is 4. The highest BCUT2D eigenvalue weighted by atomic mass is 32.2. The fraction of sp³-hybridized carbons (Fsp3) is 0.667. The molecule has 0 saturated carbocycles. The zero-order valence-corrected chi connectivity index (χ0v) is 29.1. The van der Waals surface area contributed by atoms with E-state index in [4.69, 9.17) is 24.1 Å². The van der Waals surface area contributed by atoms with E-state index in [0.29, 0.717) is 12.0 Å². The van der Waals surface area contributed by atoms with Crippen molar-refractivity contribution in [2.75, 3.05) is 37.8 Å². The van der Waals surface area contributed by atoms with E-state index in [1.165, 1.54) is 13.8 Å². The molecule has 49 heavy (non-hydrogen) atoms. The van der Waals surface area contributed by atoms with Gasteiger partial charge in [-0.1, -0.05) is 13.8 Å². The number of hydrogen-bond donors (Lipinski definition) is 10. The summed E-state index contributed by atoms with van der Waals surface area (Å²) in [5.74, 6) is -1.19. The van der Waals surface area contributed by atoms with Gasteiger partial charge in [0, 0.05) is 30.7 Å².